The molecule has 2 fully saturated rings. The van der Waals surface area contributed by atoms with Crippen molar-refractivity contribution in [2.75, 3.05) is 19.6 Å². The molecule has 0 aromatic rings. The Hall–Kier alpha value is -0.830. The highest BCUT2D eigenvalue weighted by molar-refractivity contribution is 5.79. The Kier molecular flexibility index (Phi) is 5.56. The first kappa shape index (κ1) is 16.0. The van der Waals surface area contributed by atoms with Crippen LogP contribution in [0.3, 0.4) is 0 Å². The highest BCUT2D eigenvalue weighted by Crippen LogP contribution is 2.35. The van der Waals surface area contributed by atoms with Crippen molar-refractivity contribution in [1.82, 2.24) is 10.2 Å². The summed E-state index contributed by atoms with van der Waals surface area (Å²) in [5, 5.41) is 3.35. The fourth-order valence-electron chi connectivity index (χ4n) is 4.61. The second-order valence-electron chi connectivity index (χ2n) is 7.53. The van der Waals surface area contributed by atoms with Gasteiger partial charge in [0.15, 0.2) is 0 Å². The lowest BCUT2D eigenvalue weighted by Crippen LogP contribution is -2.58. The van der Waals surface area contributed by atoms with Crippen molar-refractivity contribution in [1.29, 1.82) is 0 Å². The Morgan fingerprint density at radius 1 is 1.05 bits per heavy atom. The van der Waals surface area contributed by atoms with Crippen LogP contribution < -0.4 is 5.32 Å². The van der Waals surface area contributed by atoms with Crippen molar-refractivity contribution in [2.24, 2.45) is 5.92 Å². The maximum absolute atomic E-state index is 12.5. The molecule has 22 heavy (non-hydrogen) atoms. The molecule has 0 aromatic carbocycles. The molecule has 3 rings (SSSR count). The van der Waals surface area contributed by atoms with Gasteiger partial charge in [0.1, 0.15) is 0 Å². The van der Waals surface area contributed by atoms with Crippen molar-refractivity contribution in [3.05, 3.63) is 12.2 Å². The smallest absolute Gasteiger partial charge is 0.223 e. The van der Waals surface area contributed by atoms with E-state index in [1.54, 1.807) is 0 Å². The van der Waals surface area contributed by atoms with Crippen LogP contribution in [0.25, 0.3) is 0 Å². The third kappa shape index (κ3) is 3.73. The van der Waals surface area contributed by atoms with Gasteiger partial charge in [-0.15, -0.1) is 0 Å². The normalized spacial score (nSPS) is 29.2. The topological polar surface area (TPSA) is 32.3 Å². The lowest BCUT2D eigenvalue weighted by molar-refractivity contribution is -0.126. The van der Waals surface area contributed by atoms with Crippen LogP contribution in [0.1, 0.15) is 70.6 Å². The van der Waals surface area contributed by atoms with Crippen LogP contribution in [0.2, 0.25) is 0 Å². The van der Waals surface area contributed by atoms with Crippen LogP contribution in [-0.2, 0) is 4.79 Å². The van der Waals surface area contributed by atoms with Crippen LogP contribution in [0.15, 0.2) is 12.2 Å². The molecule has 1 amide bonds. The number of hydrogen-bond acceptors (Lipinski definition) is 2. The van der Waals surface area contributed by atoms with E-state index in [9.17, 15) is 4.79 Å². The van der Waals surface area contributed by atoms with Gasteiger partial charge in [0.2, 0.25) is 5.91 Å². The van der Waals surface area contributed by atoms with Crippen LogP contribution in [0, 0.1) is 5.92 Å². The molecule has 0 bridgehead atoms. The Labute approximate surface area is 135 Å². The highest BCUT2D eigenvalue weighted by atomic mass is 16.1. The SMILES string of the molecule is O=C(NCC1(N2CCCCC2)CCCCC1)C1CC=CCC1. The van der Waals surface area contributed by atoms with Gasteiger partial charge in [0, 0.05) is 18.0 Å². The fourth-order valence-corrected chi connectivity index (χ4v) is 4.61. The molecule has 0 aromatic heterocycles. The first-order valence-corrected chi connectivity index (χ1v) is 9.48. The van der Waals surface area contributed by atoms with Crippen LogP contribution in [0.4, 0.5) is 0 Å². The minimum atomic E-state index is 0.215. The maximum atomic E-state index is 12.5. The molecule has 124 valence electrons. The molecule has 1 aliphatic heterocycles. The van der Waals surface area contributed by atoms with E-state index in [0.717, 1.165) is 25.8 Å². The summed E-state index contributed by atoms with van der Waals surface area (Å²) in [7, 11) is 0. The summed E-state index contributed by atoms with van der Waals surface area (Å²) in [6.45, 7) is 3.36. The molecule has 1 N–H and O–H groups in total. The van der Waals surface area contributed by atoms with Gasteiger partial charge < -0.3 is 5.32 Å². The number of carbonyl (C=O) groups is 1. The number of nitrogens with one attached hydrogen (secondary N) is 1. The summed E-state index contributed by atoms with van der Waals surface area (Å²) in [4.78, 5) is 15.2. The molecule has 3 nitrogen and oxygen atoms in total. The molecule has 3 aliphatic rings. The van der Waals surface area contributed by atoms with Crippen LogP contribution in [0.5, 0.6) is 0 Å². The van der Waals surface area contributed by atoms with E-state index in [1.807, 2.05) is 0 Å². The largest absolute Gasteiger partial charge is 0.354 e. The van der Waals surface area contributed by atoms with E-state index in [4.69, 9.17) is 0 Å². The molecule has 1 saturated carbocycles. The molecular formula is C19H32N2O. The number of nitrogens with zero attached hydrogens (tertiary/aromatic N) is 1. The number of carbonyl (C=O) groups excluding carboxylic acids is 1. The van der Waals surface area contributed by atoms with Crippen molar-refractivity contribution in [3.63, 3.8) is 0 Å². The van der Waals surface area contributed by atoms with Crippen molar-refractivity contribution >= 4 is 5.91 Å². The predicted molar refractivity (Wildman–Crippen MR) is 90.7 cm³/mol. The van der Waals surface area contributed by atoms with Gasteiger partial charge in [-0.3, -0.25) is 9.69 Å². The van der Waals surface area contributed by atoms with Gasteiger partial charge in [-0.2, -0.15) is 0 Å². The summed E-state index contributed by atoms with van der Waals surface area (Å²) < 4.78 is 0. The van der Waals surface area contributed by atoms with E-state index in [2.05, 4.69) is 22.4 Å². The number of piperidine rings is 1. The van der Waals surface area contributed by atoms with E-state index >= 15 is 0 Å². The molecule has 0 spiro atoms. The van der Waals surface area contributed by atoms with E-state index in [-0.39, 0.29) is 11.5 Å². The van der Waals surface area contributed by atoms with Crippen LogP contribution >= 0.6 is 0 Å². The van der Waals surface area contributed by atoms with Gasteiger partial charge in [-0.05, 0) is 58.0 Å². The summed E-state index contributed by atoms with van der Waals surface area (Å²) in [6.07, 6.45) is 18.1. The fraction of sp³-hybridized carbons (Fsp3) is 0.842. The summed E-state index contributed by atoms with van der Waals surface area (Å²) in [5.41, 5.74) is 0.263. The molecule has 1 atom stereocenters. The summed E-state index contributed by atoms with van der Waals surface area (Å²) in [6, 6.07) is 0. The van der Waals surface area contributed by atoms with Gasteiger partial charge in [-0.1, -0.05) is 37.8 Å². The van der Waals surface area contributed by atoms with E-state index < -0.39 is 0 Å². The minimum Gasteiger partial charge on any atom is -0.354 e. The van der Waals surface area contributed by atoms with Crippen molar-refractivity contribution < 1.29 is 4.79 Å². The van der Waals surface area contributed by atoms with Crippen molar-refractivity contribution in [2.45, 2.75) is 76.2 Å². The predicted octanol–water partition coefficient (Wildman–Crippen LogP) is 3.65. The standard InChI is InChI=1S/C19H32N2O/c22-18(17-10-4-1-5-11-17)20-16-19(12-6-2-7-13-19)21-14-8-3-9-15-21/h1,4,17H,2-3,5-16H2,(H,20,22). The highest BCUT2D eigenvalue weighted by Gasteiger charge is 2.38. The Morgan fingerprint density at radius 3 is 2.45 bits per heavy atom. The van der Waals surface area contributed by atoms with E-state index in [1.165, 1.54) is 64.5 Å². The molecule has 1 heterocycles. The molecule has 1 unspecified atom stereocenters. The first-order chi connectivity index (χ1) is 10.8. The summed E-state index contributed by atoms with van der Waals surface area (Å²) in [5.74, 6) is 0.512. The monoisotopic (exact) mass is 304 g/mol. The van der Waals surface area contributed by atoms with Crippen LogP contribution in [-0.4, -0.2) is 36.0 Å². The second kappa shape index (κ2) is 7.63. The second-order valence-corrected chi connectivity index (χ2v) is 7.53. The van der Waals surface area contributed by atoms with Gasteiger partial charge in [0.25, 0.3) is 0 Å². The quantitative estimate of drug-likeness (QED) is 0.804. The van der Waals surface area contributed by atoms with Gasteiger partial charge in [0.05, 0.1) is 0 Å². The molecule has 0 radical (unpaired) electrons. The zero-order valence-corrected chi connectivity index (χ0v) is 14.0. The molecule has 1 saturated heterocycles. The number of amides is 1. The average molecular weight is 304 g/mol. The first-order valence-electron chi connectivity index (χ1n) is 9.48. The lowest BCUT2D eigenvalue weighted by Gasteiger charge is -2.48. The third-order valence-corrected chi connectivity index (χ3v) is 6.04. The number of likely N-dealkylation sites (tertiary alicyclic amines) is 1. The van der Waals surface area contributed by atoms with Crippen molar-refractivity contribution in [3.8, 4) is 0 Å². The molecule has 3 heteroatoms. The number of rotatable bonds is 4. The zero-order valence-electron chi connectivity index (χ0n) is 14.0. The van der Waals surface area contributed by atoms with Gasteiger partial charge >= 0.3 is 0 Å². The number of allylic oxidation sites excluding steroid dienone is 2. The average Bonchev–Trinajstić information content (AvgIpc) is 2.62. The summed E-state index contributed by atoms with van der Waals surface area (Å²) >= 11 is 0. The Bertz CT molecular complexity index is 392. The number of hydrogen-bond donors (Lipinski definition) is 1. The molecule has 2 aliphatic carbocycles. The lowest BCUT2D eigenvalue weighted by atomic mass is 9.79. The Balaban J connectivity index is 1.59. The van der Waals surface area contributed by atoms with Gasteiger partial charge in [-0.25, -0.2) is 0 Å². The Morgan fingerprint density at radius 2 is 1.77 bits per heavy atom. The molecular weight excluding hydrogens is 272 g/mol. The maximum Gasteiger partial charge on any atom is 0.223 e. The third-order valence-electron chi connectivity index (χ3n) is 6.04. The minimum absolute atomic E-state index is 0.215. The van der Waals surface area contributed by atoms with E-state index in [0.29, 0.717) is 5.91 Å². The zero-order chi connectivity index (χ0) is 15.3.